The Kier molecular flexibility index (Phi) is 7.33. The van der Waals surface area contributed by atoms with Crippen LogP contribution in [0.3, 0.4) is 0 Å². The molecule has 0 spiro atoms. The minimum absolute atomic E-state index is 0.184. The van der Waals surface area contributed by atoms with E-state index in [-0.39, 0.29) is 12.6 Å². The Balaban J connectivity index is 4.51. The van der Waals surface area contributed by atoms with Gasteiger partial charge in [0.2, 0.25) is 0 Å². The molecule has 4 heteroatoms. The lowest BCUT2D eigenvalue weighted by atomic mass is 10.1. The Bertz CT molecular complexity index is 241. The van der Waals surface area contributed by atoms with Crippen LogP contribution in [0.25, 0.3) is 0 Å². The smallest absolute Gasteiger partial charge is 0.333 e. The topological polar surface area (TPSA) is 46.5 Å². The number of ether oxygens (including phenoxy) is 1. The lowest BCUT2D eigenvalue weighted by Gasteiger charge is -2.13. The molecule has 0 aliphatic rings. The number of carbonyl (C=O) groups excluding carboxylic acids is 1. The molecule has 0 fully saturated rings. The first kappa shape index (κ1) is 15.4. The summed E-state index contributed by atoms with van der Waals surface area (Å²) in [6, 6.07) is 0. The first-order valence-corrected chi connectivity index (χ1v) is 9.48. The van der Waals surface area contributed by atoms with Crippen molar-refractivity contribution in [1.29, 1.82) is 0 Å². The van der Waals surface area contributed by atoms with Gasteiger partial charge in [-0.05, 0) is 26.2 Å². The van der Waals surface area contributed by atoms with E-state index in [0.717, 1.165) is 18.4 Å². The van der Waals surface area contributed by atoms with Gasteiger partial charge in [0, 0.05) is 12.2 Å². The molecule has 16 heavy (non-hydrogen) atoms. The molecule has 0 radical (unpaired) electrons. The molecule has 0 aliphatic heterocycles. The van der Waals surface area contributed by atoms with E-state index in [1.807, 2.05) is 6.92 Å². The fraction of sp³-hybridized carbons (Fsp3) is 0.750. The maximum Gasteiger partial charge on any atom is 0.333 e. The summed E-state index contributed by atoms with van der Waals surface area (Å²) in [5.41, 5.74) is 2.89. The van der Waals surface area contributed by atoms with E-state index in [1.165, 1.54) is 0 Å². The third-order valence-corrected chi connectivity index (χ3v) is 3.21. The van der Waals surface area contributed by atoms with Crippen LogP contribution in [0.15, 0.2) is 11.3 Å². The second kappa shape index (κ2) is 7.63. The lowest BCUT2D eigenvalue weighted by molar-refractivity contribution is -0.138. The van der Waals surface area contributed by atoms with Crippen molar-refractivity contribution in [2.75, 3.05) is 13.2 Å². The van der Waals surface area contributed by atoms with E-state index < -0.39 is 8.07 Å². The maximum atomic E-state index is 11.7. The highest BCUT2D eigenvalue weighted by molar-refractivity contribution is 6.81. The summed E-state index contributed by atoms with van der Waals surface area (Å²) >= 11 is 0. The van der Waals surface area contributed by atoms with E-state index >= 15 is 0 Å². The van der Waals surface area contributed by atoms with Gasteiger partial charge >= 0.3 is 5.97 Å². The third-order valence-electron chi connectivity index (χ3n) is 2.00. The summed E-state index contributed by atoms with van der Waals surface area (Å²) in [6.07, 6.45) is 2.29. The number of aliphatic hydroxyl groups excluding tert-OH is 1. The quantitative estimate of drug-likeness (QED) is 0.324. The molecule has 0 aromatic rings. The van der Waals surface area contributed by atoms with Crippen molar-refractivity contribution in [3.63, 3.8) is 0 Å². The molecule has 0 aromatic carbocycles. The van der Waals surface area contributed by atoms with Crippen LogP contribution < -0.4 is 0 Å². The molecule has 0 saturated carbocycles. The average Bonchev–Trinajstić information content (AvgIpc) is 2.15. The molecule has 3 nitrogen and oxygen atoms in total. The van der Waals surface area contributed by atoms with E-state index in [0.29, 0.717) is 13.0 Å². The third kappa shape index (κ3) is 7.65. The Labute approximate surface area is 99.5 Å². The molecule has 0 heterocycles. The second-order valence-corrected chi connectivity index (χ2v) is 9.96. The molecular formula is C12H24O3Si. The molecule has 0 atom stereocenters. The lowest BCUT2D eigenvalue weighted by Crippen LogP contribution is -2.20. The Morgan fingerprint density at radius 2 is 1.94 bits per heavy atom. The van der Waals surface area contributed by atoms with Crippen molar-refractivity contribution in [3.05, 3.63) is 11.3 Å². The maximum absolute atomic E-state index is 11.7. The van der Waals surface area contributed by atoms with Crippen molar-refractivity contribution in [3.8, 4) is 0 Å². The van der Waals surface area contributed by atoms with E-state index in [1.54, 1.807) is 0 Å². The van der Waals surface area contributed by atoms with Gasteiger partial charge in [0.25, 0.3) is 0 Å². The molecule has 0 rings (SSSR count). The average molecular weight is 244 g/mol. The summed E-state index contributed by atoms with van der Waals surface area (Å²) in [7, 11) is -1.40. The van der Waals surface area contributed by atoms with Crippen LogP contribution in [0.1, 0.15) is 26.2 Å². The predicted molar refractivity (Wildman–Crippen MR) is 69.0 cm³/mol. The zero-order chi connectivity index (χ0) is 12.6. The first-order valence-electron chi connectivity index (χ1n) is 5.90. The fourth-order valence-electron chi connectivity index (χ4n) is 1.41. The van der Waals surface area contributed by atoms with E-state index in [9.17, 15) is 4.79 Å². The van der Waals surface area contributed by atoms with Gasteiger partial charge in [0.15, 0.2) is 0 Å². The van der Waals surface area contributed by atoms with Gasteiger partial charge in [-0.3, -0.25) is 0 Å². The molecule has 1 N–H and O–H groups in total. The van der Waals surface area contributed by atoms with Crippen molar-refractivity contribution in [1.82, 2.24) is 0 Å². The number of esters is 1. The standard InChI is InChI=1S/C12H24O3Si/c1-5-15-12(14)11(8-6-7-9-13)10-16(2,3)4/h10,13H,5-9H2,1-4H3/b11-10+. The highest BCUT2D eigenvalue weighted by Crippen LogP contribution is 2.14. The molecule has 0 aliphatic carbocycles. The molecule has 94 valence electrons. The van der Waals surface area contributed by atoms with Crippen LogP contribution in [0.4, 0.5) is 0 Å². The van der Waals surface area contributed by atoms with Gasteiger partial charge in [-0.25, -0.2) is 4.79 Å². The van der Waals surface area contributed by atoms with Crippen molar-refractivity contribution in [2.45, 2.75) is 45.8 Å². The normalized spacial score (nSPS) is 12.7. The highest BCUT2D eigenvalue weighted by atomic mass is 28.3. The van der Waals surface area contributed by atoms with E-state index in [4.69, 9.17) is 9.84 Å². The summed E-state index contributed by atoms with van der Waals surface area (Å²) in [5, 5.41) is 8.73. The Morgan fingerprint density at radius 3 is 2.38 bits per heavy atom. The Morgan fingerprint density at radius 1 is 1.31 bits per heavy atom. The van der Waals surface area contributed by atoms with Crippen molar-refractivity contribution >= 4 is 14.0 Å². The molecule has 0 bridgehead atoms. The van der Waals surface area contributed by atoms with E-state index in [2.05, 4.69) is 25.3 Å². The molecule has 0 amide bonds. The van der Waals surface area contributed by atoms with Crippen LogP contribution in [0, 0.1) is 0 Å². The highest BCUT2D eigenvalue weighted by Gasteiger charge is 2.16. The zero-order valence-corrected chi connectivity index (χ0v) is 11.9. The number of hydrogen-bond acceptors (Lipinski definition) is 3. The van der Waals surface area contributed by atoms with Crippen LogP contribution in [0.5, 0.6) is 0 Å². The first-order chi connectivity index (χ1) is 7.40. The van der Waals surface area contributed by atoms with Crippen LogP contribution in [-0.4, -0.2) is 32.4 Å². The molecule has 0 unspecified atom stereocenters. The minimum atomic E-state index is -1.40. The van der Waals surface area contributed by atoms with Crippen LogP contribution in [0.2, 0.25) is 19.6 Å². The minimum Gasteiger partial charge on any atom is -0.463 e. The summed E-state index contributed by atoms with van der Waals surface area (Å²) in [5.74, 6) is -0.192. The van der Waals surface area contributed by atoms with Gasteiger partial charge in [0.05, 0.1) is 14.7 Å². The van der Waals surface area contributed by atoms with Gasteiger partial charge in [-0.1, -0.05) is 25.3 Å². The number of unbranched alkanes of at least 4 members (excludes halogenated alkanes) is 1. The monoisotopic (exact) mass is 244 g/mol. The van der Waals surface area contributed by atoms with Gasteiger partial charge in [0.1, 0.15) is 0 Å². The summed E-state index contributed by atoms with van der Waals surface area (Å²) in [6.45, 7) is 9.00. The largest absolute Gasteiger partial charge is 0.463 e. The number of carbonyl (C=O) groups is 1. The number of hydrogen-bond donors (Lipinski definition) is 1. The SMILES string of the molecule is CCOC(=O)/C(=C/[Si](C)(C)C)CCCCO. The van der Waals surface area contributed by atoms with Gasteiger partial charge in [-0.2, -0.15) is 0 Å². The van der Waals surface area contributed by atoms with Crippen LogP contribution >= 0.6 is 0 Å². The predicted octanol–water partition coefficient (Wildman–Crippen LogP) is 2.52. The zero-order valence-electron chi connectivity index (χ0n) is 10.9. The van der Waals surface area contributed by atoms with Gasteiger partial charge in [-0.15, -0.1) is 0 Å². The summed E-state index contributed by atoms with van der Waals surface area (Å²) in [4.78, 5) is 11.7. The fourth-order valence-corrected chi connectivity index (χ4v) is 2.71. The molecular weight excluding hydrogens is 220 g/mol. The van der Waals surface area contributed by atoms with Crippen molar-refractivity contribution in [2.24, 2.45) is 0 Å². The van der Waals surface area contributed by atoms with Crippen molar-refractivity contribution < 1.29 is 14.6 Å². The molecule has 0 saturated heterocycles. The molecule has 0 aromatic heterocycles. The second-order valence-electron chi connectivity index (χ2n) is 4.94. The van der Waals surface area contributed by atoms with Gasteiger partial charge < -0.3 is 9.84 Å². The number of rotatable bonds is 7. The van der Waals surface area contributed by atoms with Crippen LogP contribution in [-0.2, 0) is 9.53 Å². The number of aliphatic hydroxyl groups is 1. The Hall–Kier alpha value is -0.613. The summed E-state index contributed by atoms with van der Waals surface area (Å²) < 4.78 is 5.03.